The molecule has 46 heavy (non-hydrogen) atoms. The zero-order valence-corrected chi connectivity index (χ0v) is 26.4. The summed E-state index contributed by atoms with van der Waals surface area (Å²) in [5, 5.41) is 20.1. The van der Waals surface area contributed by atoms with E-state index in [-0.39, 0.29) is 18.2 Å². The van der Waals surface area contributed by atoms with E-state index < -0.39 is 42.0 Å². The molecule has 0 aliphatic heterocycles. The predicted octanol–water partition coefficient (Wildman–Crippen LogP) is 2.98. The summed E-state index contributed by atoms with van der Waals surface area (Å²) in [6.45, 7) is 5.39. The molecule has 1 aromatic heterocycles. The van der Waals surface area contributed by atoms with Crippen molar-refractivity contribution < 1.29 is 19.5 Å². The van der Waals surface area contributed by atoms with Crippen molar-refractivity contribution in [3.8, 4) is 11.1 Å². The molecule has 4 atom stereocenters. The number of aryl methyl sites for hydroxylation is 1. The van der Waals surface area contributed by atoms with Gasteiger partial charge < -0.3 is 26.8 Å². The van der Waals surface area contributed by atoms with Gasteiger partial charge in [0.2, 0.25) is 11.8 Å². The monoisotopic (exact) mass is 622 g/mol. The number of primary amides is 1. The molecule has 1 heterocycles. The molecule has 0 spiro atoms. The average Bonchev–Trinajstić information content (AvgIpc) is 3.06. The Hall–Kier alpha value is -4.93. The molecule has 0 radical (unpaired) electrons. The Kier molecular flexibility index (Phi) is 12.1. The Morgan fingerprint density at radius 3 is 1.98 bits per heavy atom. The SMILES string of the molecule is Cc1cnc(C(=O)N[C@H](C(=O)N[C@@H](Cc2ccccc2)[C@@H](O)CN[C@@H](Cc2ccc(-c3ccccc3)cc2)C(N)=O)C(C)C)cn1. The largest absolute Gasteiger partial charge is 0.390 e. The lowest BCUT2D eigenvalue weighted by Crippen LogP contribution is -2.57. The number of nitrogens with zero attached hydrogens (tertiary/aromatic N) is 2. The molecular formula is C36H42N6O4. The Bertz CT molecular complexity index is 1560. The summed E-state index contributed by atoms with van der Waals surface area (Å²) in [4.78, 5) is 47.1. The highest BCUT2D eigenvalue weighted by Gasteiger charge is 2.30. The molecule has 0 aliphatic rings. The van der Waals surface area contributed by atoms with Gasteiger partial charge in [0.15, 0.2) is 0 Å². The van der Waals surface area contributed by atoms with Crippen LogP contribution in [0.4, 0.5) is 0 Å². The van der Waals surface area contributed by atoms with Crippen molar-refractivity contribution in [2.75, 3.05) is 6.54 Å². The first kappa shape index (κ1) is 34.0. The summed E-state index contributed by atoms with van der Waals surface area (Å²) < 4.78 is 0. The third kappa shape index (κ3) is 9.79. The van der Waals surface area contributed by atoms with Crippen LogP contribution in [-0.2, 0) is 22.4 Å². The van der Waals surface area contributed by atoms with Gasteiger partial charge in [-0.25, -0.2) is 4.98 Å². The maximum Gasteiger partial charge on any atom is 0.272 e. The number of aliphatic hydroxyl groups excluding tert-OH is 1. The van der Waals surface area contributed by atoms with Gasteiger partial charge in [-0.2, -0.15) is 0 Å². The topological polar surface area (TPSA) is 159 Å². The Morgan fingerprint density at radius 2 is 1.39 bits per heavy atom. The van der Waals surface area contributed by atoms with Crippen LogP contribution in [0.2, 0.25) is 0 Å². The van der Waals surface area contributed by atoms with Crippen LogP contribution in [0.25, 0.3) is 11.1 Å². The molecule has 10 heteroatoms. The summed E-state index contributed by atoms with van der Waals surface area (Å²) in [6.07, 6.45) is 2.41. The van der Waals surface area contributed by atoms with Crippen molar-refractivity contribution in [3.63, 3.8) is 0 Å². The molecule has 4 rings (SSSR count). The summed E-state index contributed by atoms with van der Waals surface area (Å²) >= 11 is 0. The minimum absolute atomic E-state index is 0.00878. The van der Waals surface area contributed by atoms with Crippen LogP contribution < -0.4 is 21.7 Å². The quantitative estimate of drug-likeness (QED) is 0.136. The highest BCUT2D eigenvalue weighted by Crippen LogP contribution is 2.20. The Morgan fingerprint density at radius 1 is 0.783 bits per heavy atom. The Labute approximate surface area is 269 Å². The van der Waals surface area contributed by atoms with Gasteiger partial charge in [-0.05, 0) is 47.9 Å². The van der Waals surface area contributed by atoms with Crippen LogP contribution in [0.5, 0.6) is 0 Å². The highest BCUT2D eigenvalue weighted by molar-refractivity contribution is 5.96. The van der Waals surface area contributed by atoms with Crippen molar-refractivity contribution in [2.24, 2.45) is 11.7 Å². The molecule has 0 saturated heterocycles. The number of benzene rings is 3. The lowest BCUT2D eigenvalue weighted by atomic mass is 9.97. The van der Waals surface area contributed by atoms with Crippen LogP contribution in [0.15, 0.2) is 97.3 Å². The second-order valence-electron chi connectivity index (χ2n) is 11.7. The number of carbonyl (C=O) groups is 3. The number of aromatic nitrogens is 2. The first-order valence-electron chi connectivity index (χ1n) is 15.4. The number of nitrogens with one attached hydrogen (secondary N) is 3. The number of rotatable bonds is 15. The van der Waals surface area contributed by atoms with E-state index in [1.165, 1.54) is 12.4 Å². The van der Waals surface area contributed by atoms with E-state index in [9.17, 15) is 19.5 Å². The van der Waals surface area contributed by atoms with Gasteiger partial charge in [0.1, 0.15) is 11.7 Å². The fourth-order valence-corrected chi connectivity index (χ4v) is 5.06. The van der Waals surface area contributed by atoms with Gasteiger partial charge >= 0.3 is 0 Å². The lowest BCUT2D eigenvalue weighted by molar-refractivity contribution is -0.125. The first-order valence-corrected chi connectivity index (χ1v) is 15.4. The standard InChI is InChI=1S/C36H42N6O4/c1-23(2)33(42-35(45)31-21-38-24(3)20-39-31)36(46)41-29(18-25-10-6-4-7-11-25)32(43)22-40-30(34(37)44)19-26-14-16-28(17-15-26)27-12-8-5-9-13-27/h4-17,20-21,23,29-30,32-33,40,43H,18-19,22H2,1-3H3,(H2,37,44)(H,41,46)(H,42,45)/t29-,30-,32-,33-/m0/s1. The van der Waals surface area contributed by atoms with Crippen LogP contribution in [-0.4, -0.2) is 63.6 Å². The minimum atomic E-state index is -1.09. The van der Waals surface area contributed by atoms with Gasteiger partial charge in [-0.15, -0.1) is 0 Å². The maximum absolute atomic E-state index is 13.6. The molecule has 0 saturated carbocycles. The van der Waals surface area contributed by atoms with E-state index in [2.05, 4.69) is 25.9 Å². The smallest absolute Gasteiger partial charge is 0.272 e. The lowest BCUT2D eigenvalue weighted by Gasteiger charge is -2.29. The molecule has 4 aromatic rings. The molecule has 0 aliphatic carbocycles. The number of hydrogen-bond acceptors (Lipinski definition) is 7. The van der Waals surface area contributed by atoms with Gasteiger partial charge in [-0.1, -0.05) is 98.8 Å². The third-order valence-electron chi connectivity index (χ3n) is 7.76. The number of nitrogens with two attached hydrogens (primary N) is 1. The summed E-state index contributed by atoms with van der Waals surface area (Å²) in [6, 6.07) is 25.0. The molecule has 3 amide bonds. The van der Waals surface area contributed by atoms with Gasteiger partial charge in [0.05, 0.1) is 30.1 Å². The molecule has 6 N–H and O–H groups in total. The molecule has 0 fully saturated rings. The Balaban J connectivity index is 1.43. The third-order valence-corrected chi connectivity index (χ3v) is 7.76. The number of hydrogen-bond donors (Lipinski definition) is 5. The minimum Gasteiger partial charge on any atom is -0.390 e. The zero-order valence-electron chi connectivity index (χ0n) is 26.4. The summed E-state index contributed by atoms with van der Waals surface area (Å²) in [5.41, 5.74) is 10.5. The normalized spacial score (nSPS) is 13.8. The molecule has 240 valence electrons. The second kappa shape index (κ2) is 16.4. The van der Waals surface area contributed by atoms with Crippen LogP contribution >= 0.6 is 0 Å². The van der Waals surface area contributed by atoms with Crippen molar-refractivity contribution in [3.05, 3.63) is 120 Å². The van der Waals surface area contributed by atoms with Crippen molar-refractivity contribution in [2.45, 2.75) is 57.8 Å². The van der Waals surface area contributed by atoms with Crippen LogP contribution in [0.1, 0.15) is 41.2 Å². The van der Waals surface area contributed by atoms with Crippen LogP contribution in [0, 0.1) is 12.8 Å². The van der Waals surface area contributed by atoms with Crippen molar-refractivity contribution in [1.29, 1.82) is 0 Å². The van der Waals surface area contributed by atoms with Gasteiger partial charge in [0, 0.05) is 12.7 Å². The van der Waals surface area contributed by atoms with Crippen LogP contribution in [0.3, 0.4) is 0 Å². The molecular weight excluding hydrogens is 580 g/mol. The summed E-state index contributed by atoms with van der Waals surface area (Å²) in [5.74, 6) is -1.79. The summed E-state index contributed by atoms with van der Waals surface area (Å²) in [7, 11) is 0. The van der Waals surface area contributed by atoms with E-state index in [1.54, 1.807) is 6.92 Å². The molecule has 0 bridgehead atoms. The number of carbonyl (C=O) groups excluding carboxylic acids is 3. The second-order valence-corrected chi connectivity index (χ2v) is 11.7. The molecule has 10 nitrogen and oxygen atoms in total. The average molecular weight is 623 g/mol. The van der Waals surface area contributed by atoms with Gasteiger partial charge in [-0.3, -0.25) is 19.4 Å². The van der Waals surface area contributed by atoms with Crippen molar-refractivity contribution in [1.82, 2.24) is 25.9 Å². The van der Waals surface area contributed by atoms with E-state index in [0.717, 1.165) is 22.3 Å². The number of aliphatic hydroxyl groups is 1. The number of amides is 3. The van der Waals surface area contributed by atoms with E-state index in [1.807, 2.05) is 98.8 Å². The zero-order chi connectivity index (χ0) is 33.1. The van der Waals surface area contributed by atoms with Crippen molar-refractivity contribution >= 4 is 17.7 Å². The first-order chi connectivity index (χ1) is 22.1. The van der Waals surface area contributed by atoms with Gasteiger partial charge in [0.25, 0.3) is 5.91 Å². The van der Waals surface area contributed by atoms with E-state index >= 15 is 0 Å². The van der Waals surface area contributed by atoms with E-state index in [0.29, 0.717) is 18.5 Å². The predicted molar refractivity (Wildman–Crippen MR) is 178 cm³/mol. The van der Waals surface area contributed by atoms with E-state index in [4.69, 9.17) is 5.73 Å². The highest BCUT2D eigenvalue weighted by atomic mass is 16.3. The molecule has 3 aromatic carbocycles. The maximum atomic E-state index is 13.6. The fraction of sp³-hybridized carbons (Fsp3) is 0.306. The molecule has 0 unspecified atom stereocenters. The fourth-order valence-electron chi connectivity index (χ4n) is 5.06.